The van der Waals surface area contributed by atoms with Gasteiger partial charge >= 0.3 is 6.03 Å². The molecule has 2 fully saturated rings. The molecule has 2 aliphatic carbocycles. The highest BCUT2D eigenvalue weighted by Crippen LogP contribution is 2.27. The molecule has 0 saturated heterocycles. The van der Waals surface area contributed by atoms with Gasteiger partial charge < -0.3 is 10.6 Å². The Kier molecular flexibility index (Phi) is 3.88. The summed E-state index contributed by atoms with van der Waals surface area (Å²) in [7, 11) is 0. The second-order valence-electron chi connectivity index (χ2n) is 5.33. The van der Waals surface area contributed by atoms with Crippen molar-refractivity contribution in [2.45, 2.75) is 69.4 Å². The van der Waals surface area contributed by atoms with E-state index in [1.54, 1.807) is 0 Å². The molecule has 0 heterocycles. The minimum absolute atomic E-state index is 0.152. The Morgan fingerprint density at radius 2 is 1.76 bits per heavy atom. The molecule has 0 bridgehead atoms. The Bertz CT molecular complexity index is 309. The van der Waals surface area contributed by atoms with Gasteiger partial charge in [0.25, 0.3) is 0 Å². The lowest BCUT2D eigenvalue weighted by Gasteiger charge is -2.32. The van der Waals surface area contributed by atoms with E-state index in [2.05, 4.69) is 16.7 Å². The van der Waals surface area contributed by atoms with Gasteiger partial charge in [-0.15, -0.1) is 0 Å². The lowest BCUT2D eigenvalue weighted by molar-refractivity contribution is 0.218. The summed E-state index contributed by atoms with van der Waals surface area (Å²) in [6.07, 6.45) is 9.40. The van der Waals surface area contributed by atoms with E-state index in [4.69, 9.17) is 0 Å². The third-order valence-electron chi connectivity index (χ3n) is 3.96. The number of rotatable bonds is 2. The molecule has 0 radical (unpaired) electrons. The van der Waals surface area contributed by atoms with E-state index in [9.17, 15) is 10.1 Å². The molecule has 0 unspecified atom stereocenters. The van der Waals surface area contributed by atoms with E-state index in [0.717, 1.165) is 38.5 Å². The molecule has 0 aliphatic heterocycles. The third-order valence-corrected chi connectivity index (χ3v) is 3.96. The molecule has 2 amide bonds. The van der Waals surface area contributed by atoms with Crippen LogP contribution < -0.4 is 10.6 Å². The second-order valence-corrected chi connectivity index (χ2v) is 5.33. The van der Waals surface area contributed by atoms with Crippen LogP contribution in [0.15, 0.2) is 0 Å². The predicted molar refractivity (Wildman–Crippen MR) is 65.4 cm³/mol. The van der Waals surface area contributed by atoms with Crippen LogP contribution in [0.2, 0.25) is 0 Å². The van der Waals surface area contributed by atoms with Crippen LogP contribution in [0.5, 0.6) is 0 Å². The van der Waals surface area contributed by atoms with E-state index in [1.807, 2.05) is 0 Å². The molecule has 0 aromatic heterocycles. The number of hydrogen-bond donors (Lipinski definition) is 2. The van der Waals surface area contributed by atoms with Crippen molar-refractivity contribution in [1.29, 1.82) is 5.26 Å². The first-order valence-electron chi connectivity index (χ1n) is 6.74. The Labute approximate surface area is 103 Å². The lowest BCUT2D eigenvalue weighted by Crippen LogP contribution is -2.53. The summed E-state index contributed by atoms with van der Waals surface area (Å²) >= 11 is 0. The average molecular weight is 235 g/mol. The van der Waals surface area contributed by atoms with E-state index in [1.165, 1.54) is 19.3 Å². The number of urea groups is 1. The van der Waals surface area contributed by atoms with Crippen LogP contribution in [0.4, 0.5) is 4.79 Å². The van der Waals surface area contributed by atoms with Crippen LogP contribution in [0.1, 0.15) is 57.8 Å². The molecule has 4 heteroatoms. The maximum atomic E-state index is 11.9. The molecule has 94 valence electrons. The third kappa shape index (κ3) is 3.12. The van der Waals surface area contributed by atoms with Crippen LogP contribution in [0, 0.1) is 11.3 Å². The van der Waals surface area contributed by atoms with Gasteiger partial charge in [-0.25, -0.2) is 4.79 Å². The molecule has 2 saturated carbocycles. The van der Waals surface area contributed by atoms with Crippen molar-refractivity contribution in [3.63, 3.8) is 0 Å². The maximum Gasteiger partial charge on any atom is 0.316 e. The number of nitriles is 1. The minimum atomic E-state index is -0.610. The molecule has 0 atom stereocenters. The molecule has 17 heavy (non-hydrogen) atoms. The minimum Gasteiger partial charge on any atom is -0.335 e. The second kappa shape index (κ2) is 5.39. The van der Waals surface area contributed by atoms with Gasteiger partial charge in [0.15, 0.2) is 0 Å². The summed E-state index contributed by atoms with van der Waals surface area (Å²) < 4.78 is 0. The van der Waals surface area contributed by atoms with Gasteiger partial charge in [-0.2, -0.15) is 5.26 Å². The molecule has 0 aromatic carbocycles. The molecular weight excluding hydrogens is 214 g/mol. The van der Waals surface area contributed by atoms with Crippen molar-refractivity contribution in [2.24, 2.45) is 0 Å². The van der Waals surface area contributed by atoms with Crippen molar-refractivity contribution >= 4 is 6.03 Å². The van der Waals surface area contributed by atoms with Crippen molar-refractivity contribution in [3.8, 4) is 6.07 Å². The zero-order valence-electron chi connectivity index (χ0n) is 10.3. The highest BCUT2D eigenvalue weighted by Gasteiger charge is 2.34. The number of nitrogens with zero attached hydrogens (tertiary/aromatic N) is 1. The molecular formula is C13H21N3O. The average Bonchev–Trinajstić information content (AvgIpc) is 2.83. The summed E-state index contributed by atoms with van der Waals surface area (Å²) in [5.74, 6) is 0. The monoisotopic (exact) mass is 235 g/mol. The van der Waals surface area contributed by atoms with Crippen LogP contribution in [0.3, 0.4) is 0 Å². The predicted octanol–water partition coefficient (Wildman–Crippen LogP) is 2.45. The first kappa shape index (κ1) is 12.2. The number of amides is 2. The number of nitrogens with one attached hydrogen (secondary N) is 2. The van der Waals surface area contributed by atoms with Gasteiger partial charge in [-0.3, -0.25) is 0 Å². The normalized spacial score (nSPS) is 23.9. The fraction of sp³-hybridized carbons (Fsp3) is 0.846. The standard InChI is InChI=1S/C13H21N3O/c14-10-13(8-4-1-5-9-13)16-12(17)15-11-6-2-3-7-11/h11H,1-9H2,(H2,15,16,17). The van der Waals surface area contributed by atoms with Crippen molar-refractivity contribution in [1.82, 2.24) is 10.6 Å². The summed E-state index contributed by atoms with van der Waals surface area (Å²) in [6, 6.07) is 2.46. The molecule has 0 spiro atoms. The largest absolute Gasteiger partial charge is 0.335 e. The smallest absolute Gasteiger partial charge is 0.316 e. The van der Waals surface area contributed by atoms with Gasteiger partial charge in [0.05, 0.1) is 6.07 Å². The van der Waals surface area contributed by atoms with E-state index in [-0.39, 0.29) is 6.03 Å². The van der Waals surface area contributed by atoms with Gasteiger partial charge in [0.2, 0.25) is 0 Å². The molecule has 4 nitrogen and oxygen atoms in total. The van der Waals surface area contributed by atoms with Gasteiger partial charge in [0, 0.05) is 6.04 Å². The maximum absolute atomic E-state index is 11.9. The fourth-order valence-electron chi connectivity index (χ4n) is 2.93. The fourth-order valence-corrected chi connectivity index (χ4v) is 2.93. The Balaban J connectivity index is 1.85. The summed E-state index contributed by atoms with van der Waals surface area (Å²) in [5.41, 5.74) is -0.610. The number of carbonyl (C=O) groups excluding carboxylic acids is 1. The summed E-state index contributed by atoms with van der Waals surface area (Å²) in [4.78, 5) is 11.9. The Morgan fingerprint density at radius 3 is 2.35 bits per heavy atom. The first-order valence-corrected chi connectivity index (χ1v) is 6.74. The van der Waals surface area contributed by atoms with E-state index in [0.29, 0.717) is 6.04 Å². The van der Waals surface area contributed by atoms with Crippen LogP contribution >= 0.6 is 0 Å². The van der Waals surface area contributed by atoms with Gasteiger partial charge in [-0.05, 0) is 25.7 Å². The molecule has 2 rings (SSSR count). The van der Waals surface area contributed by atoms with Crippen molar-refractivity contribution in [3.05, 3.63) is 0 Å². The van der Waals surface area contributed by atoms with Crippen LogP contribution in [-0.2, 0) is 0 Å². The highest BCUT2D eigenvalue weighted by atomic mass is 16.2. The van der Waals surface area contributed by atoms with Crippen molar-refractivity contribution < 1.29 is 4.79 Å². The zero-order chi connectivity index (χ0) is 12.1. The van der Waals surface area contributed by atoms with Gasteiger partial charge in [0.1, 0.15) is 5.54 Å². The first-order chi connectivity index (χ1) is 8.24. The van der Waals surface area contributed by atoms with E-state index >= 15 is 0 Å². The Hall–Kier alpha value is -1.24. The number of hydrogen-bond acceptors (Lipinski definition) is 2. The van der Waals surface area contributed by atoms with E-state index < -0.39 is 5.54 Å². The quantitative estimate of drug-likeness (QED) is 0.772. The summed E-state index contributed by atoms with van der Waals surface area (Å²) in [6.45, 7) is 0. The zero-order valence-corrected chi connectivity index (χ0v) is 10.3. The van der Waals surface area contributed by atoms with Gasteiger partial charge in [-0.1, -0.05) is 32.1 Å². The molecule has 2 N–H and O–H groups in total. The highest BCUT2D eigenvalue weighted by molar-refractivity contribution is 5.75. The SMILES string of the molecule is N#CC1(NC(=O)NC2CCCC2)CCCCC1. The lowest BCUT2D eigenvalue weighted by atomic mass is 9.83. The molecule has 2 aliphatic rings. The topological polar surface area (TPSA) is 64.9 Å². The van der Waals surface area contributed by atoms with Crippen LogP contribution in [0.25, 0.3) is 0 Å². The van der Waals surface area contributed by atoms with Crippen LogP contribution in [-0.4, -0.2) is 17.6 Å². The van der Waals surface area contributed by atoms with Crippen molar-refractivity contribution in [2.75, 3.05) is 0 Å². The summed E-state index contributed by atoms with van der Waals surface area (Å²) in [5, 5.41) is 15.1. The number of carbonyl (C=O) groups is 1. The Morgan fingerprint density at radius 1 is 1.12 bits per heavy atom. The molecule has 0 aromatic rings.